The van der Waals surface area contributed by atoms with E-state index in [0.717, 1.165) is 23.6 Å². The molecule has 7 heteroatoms. The standard InChI is InChI=1S/C11H18N4O2S/c1-16-8-5-13-10(11(14-8)17-2)9(15-12)7-3-4-18-6-7/h5,7,9,15H,3-4,6,12H2,1-2H3. The maximum atomic E-state index is 5.66. The number of nitrogens with one attached hydrogen (secondary N) is 1. The van der Waals surface area contributed by atoms with Gasteiger partial charge in [-0.05, 0) is 23.8 Å². The van der Waals surface area contributed by atoms with Gasteiger partial charge in [0.25, 0.3) is 0 Å². The van der Waals surface area contributed by atoms with Gasteiger partial charge in [-0.3, -0.25) is 11.3 Å². The van der Waals surface area contributed by atoms with Crippen LogP contribution < -0.4 is 20.7 Å². The van der Waals surface area contributed by atoms with Crippen LogP contribution >= 0.6 is 11.8 Å². The van der Waals surface area contributed by atoms with Crippen LogP contribution in [0, 0.1) is 5.92 Å². The molecule has 0 bridgehead atoms. The van der Waals surface area contributed by atoms with Crippen LogP contribution in [0.2, 0.25) is 0 Å². The Kier molecular flexibility index (Phi) is 4.62. The van der Waals surface area contributed by atoms with Gasteiger partial charge in [0.15, 0.2) is 0 Å². The number of nitrogens with two attached hydrogens (primary N) is 1. The molecule has 1 aromatic rings. The average Bonchev–Trinajstić information content (AvgIpc) is 2.94. The lowest BCUT2D eigenvalue weighted by Gasteiger charge is -2.22. The van der Waals surface area contributed by atoms with Crippen LogP contribution in [0.4, 0.5) is 0 Å². The number of thioether (sulfide) groups is 1. The van der Waals surface area contributed by atoms with E-state index < -0.39 is 0 Å². The van der Waals surface area contributed by atoms with Crippen LogP contribution in [0.25, 0.3) is 0 Å². The second kappa shape index (κ2) is 6.21. The van der Waals surface area contributed by atoms with Gasteiger partial charge in [-0.15, -0.1) is 0 Å². The van der Waals surface area contributed by atoms with Crippen LogP contribution in [0.15, 0.2) is 6.20 Å². The number of ether oxygens (including phenoxy) is 2. The van der Waals surface area contributed by atoms with Gasteiger partial charge in [-0.2, -0.15) is 16.7 Å². The highest BCUT2D eigenvalue weighted by Gasteiger charge is 2.30. The van der Waals surface area contributed by atoms with Crippen molar-refractivity contribution in [2.24, 2.45) is 11.8 Å². The van der Waals surface area contributed by atoms with Crippen LogP contribution in [-0.2, 0) is 0 Å². The minimum absolute atomic E-state index is 0.0339. The Morgan fingerprint density at radius 1 is 1.50 bits per heavy atom. The number of rotatable bonds is 5. The van der Waals surface area contributed by atoms with Gasteiger partial charge in [0.2, 0.25) is 11.8 Å². The molecule has 0 amide bonds. The minimum Gasteiger partial charge on any atom is -0.480 e. The van der Waals surface area contributed by atoms with Crippen molar-refractivity contribution in [2.75, 3.05) is 25.7 Å². The molecule has 1 saturated heterocycles. The summed E-state index contributed by atoms with van der Waals surface area (Å²) < 4.78 is 10.3. The third-order valence-electron chi connectivity index (χ3n) is 3.06. The summed E-state index contributed by atoms with van der Waals surface area (Å²) in [6, 6.07) is -0.0339. The molecule has 6 nitrogen and oxygen atoms in total. The third kappa shape index (κ3) is 2.68. The fourth-order valence-corrected chi connectivity index (χ4v) is 3.38. The molecule has 1 aromatic heterocycles. The van der Waals surface area contributed by atoms with Gasteiger partial charge in [-0.1, -0.05) is 0 Å². The minimum atomic E-state index is -0.0339. The molecule has 2 unspecified atom stereocenters. The molecular weight excluding hydrogens is 252 g/mol. The first-order chi connectivity index (χ1) is 8.80. The van der Waals surface area contributed by atoms with Crippen LogP contribution in [0.5, 0.6) is 11.8 Å². The van der Waals surface area contributed by atoms with Gasteiger partial charge >= 0.3 is 0 Å². The molecule has 1 aliphatic rings. The molecule has 0 saturated carbocycles. The molecule has 0 spiro atoms. The van der Waals surface area contributed by atoms with Crippen molar-refractivity contribution in [3.8, 4) is 11.8 Å². The lowest BCUT2D eigenvalue weighted by molar-refractivity contribution is 0.330. The average molecular weight is 270 g/mol. The van der Waals surface area contributed by atoms with Crippen molar-refractivity contribution in [3.63, 3.8) is 0 Å². The number of hydrogen-bond acceptors (Lipinski definition) is 7. The van der Waals surface area contributed by atoms with Gasteiger partial charge in [-0.25, -0.2) is 4.98 Å². The first kappa shape index (κ1) is 13.4. The lowest BCUT2D eigenvalue weighted by atomic mass is 9.97. The monoisotopic (exact) mass is 270 g/mol. The van der Waals surface area contributed by atoms with Crippen molar-refractivity contribution in [1.82, 2.24) is 15.4 Å². The number of hydrazine groups is 1. The summed E-state index contributed by atoms with van der Waals surface area (Å²) in [5, 5.41) is 0. The molecule has 3 N–H and O–H groups in total. The van der Waals surface area contributed by atoms with Crippen LogP contribution in [-0.4, -0.2) is 35.7 Å². The maximum absolute atomic E-state index is 5.66. The van der Waals surface area contributed by atoms with E-state index in [1.807, 2.05) is 11.8 Å². The predicted molar refractivity (Wildman–Crippen MR) is 70.6 cm³/mol. The molecule has 1 fully saturated rings. The molecule has 0 aromatic carbocycles. The Morgan fingerprint density at radius 2 is 2.33 bits per heavy atom. The smallest absolute Gasteiger partial charge is 0.240 e. The summed E-state index contributed by atoms with van der Waals surface area (Å²) >= 11 is 1.93. The number of hydrogen-bond donors (Lipinski definition) is 2. The number of methoxy groups -OCH3 is 2. The number of aromatic nitrogens is 2. The van der Waals surface area contributed by atoms with Crippen molar-refractivity contribution in [3.05, 3.63) is 11.9 Å². The van der Waals surface area contributed by atoms with Crippen molar-refractivity contribution >= 4 is 11.8 Å². The molecule has 18 heavy (non-hydrogen) atoms. The lowest BCUT2D eigenvalue weighted by Crippen LogP contribution is -2.34. The van der Waals surface area contributed by atoms with E-state index in [1.165, 1.54) is 0 Å². The highest BCUT2D eigenvalue weighted by atomic mass is 32.2. The predicted octanol–water partition coefficient (Wildman–Crippen LogP) is 0.751. The van der Waals surface area contributed by atoms with E-state index in [-0.39, 0.29) is 6.04 Å². The Balaban J connectivity index is 2.28. The van der Waals surface area contributed by atoms with E-state index in [9.17, 15) is 0 Å². The zero-order chi connectivity index (χ0) is 13.0. The fraction of sp³-hybridized carbons (Fsp3) is 0.636. The Labute approximate surface area is 111 Å². The second-order valence-corrected chi connectivity index (χ2v) is 5.22. The van der Waals surface area contributed by atoms with Gasteiger partial charge < -0.3 is 9.47 Å². The zero-order valence-electron chi connectivity index (χ0n) is 10.5. The van der Waals surface area contributed by atoms with E-state index in [2.05, 4.69) is 15.4 Å². The quantitative estimate of drug-likeness (QED) is 0.603. The topological polar surface area (TPSA) is 82.3 Å². The van der Waals surface area contributed by atoms with Gasteiger partial charge in [0.1, 0.15) is 5.69 Å². The normalized spacial score (nSPS) is 20.7. The molecule has 2 atom stereocenters. The SMILES string of the molecule is COc1cnc(C(NN)C2CCSC2)c(OC)n1. The van der Waals surface area contributed by atoms with E-state index in [0.29, 0.717) is 17.7 Å². The second-order valence-electron chi connectivity index (χ2n) is 4.07. The summed E-state index contributed by atoms with van der Waals surface area (Å²) in [7, 11) is 3.12. The third-order valence-corrected chi connectivity index (χ3v) is 4.25. The summed E-state index contributed by atoms with van der Waals surface area (Å²) in [6.07, 6.45) is 2.71. The first-order valence-electron chi connectivity index (χ1n) is 5.79. The van der Waals surface area contributed by atoms with Crippen LogP contribution in [0.3, 0.4) is 0 Å². The van der Waals surface area contributed by atoms with Crippen molar-refractivity contribution in [1.29, 1.82) is 0 Å². The summed E-state index contributed by atoms with van der Waals surface area (Å²) in [6.45, 7) is 0. The highest BCUT2D eigenvalue weighted by molar-refractivity contribution is 7.99. The van der Waals surface area contributed by atoms with Gasteiger partial charge in [0.05, 0.1) is 26.5 Å². The molecule has 0 aliphatic carbocycles. The summed E-state index contributed by atoms with van der Waals surface area (Å²) in [5.41, 5.74) is 3.58. The molecule has 2 rings (SSSR count). The molecular formula is C11H18N4O2S. The fourth-order valence-electron chi connectivity index (χ4n) is 2.08. The molecule has 100 valence electrons. The highest BCUT2D eigenvalue weighted by Crippen LogP contribution is 2.36. The van der Waals surface area contributed by atoms with E-state index in [4.69, 9.17) is 15.3 Å². The maximum Gasteiger partial charge on any atom is 0.240 e. The Morgan fingerprint density at radius 3 is 2.89 bits per heavy atom. The van der Waals surface area contributed by atoms with Crippen molar-refractivity contribution in [2.45, 2.75) is 12.5 Å². The zero-order valence-corrected chi connectivity index (χ0v) is 11.4. The molecule has 1 aliphatic heterocycles. The number of nitrogens with zero attached hydrogens (tertiary/aromatic N) is 2. The van der Waals surface area contributed by atoms with E-state index in [1.54, 1.807) is 20.4 Å². The molecule has 2 heterocycles. The van der Waals surface area contributed by atoms with Crippen molar-refractivity contribution < 1.29 is 9.47 Å². The summed E-state index contributed by atoms with van der Waals surface area (Å²) in [5.74, 6) is 9.26. The Bertz CT molecular complexity index is 399. The largest absolute Gasteiger partial charge is 0.480 e. The Hall–Kier alpha value is -1.05. The first-order valence-corrected chi connectivity index (χ1v) is 6.94. The molecule has 0 radical (unpaired) electrons. The van der Waals surface area contributed by atoms with E-state index >= 15 is 0 Å². The van der Waals surface area contributed by atoms with Gasteiger partial charge in [0, 0.05) is 0 Å². The van der Waals surface area contributed by atoms with Crippen LogP contribution in [0.1, 0.15) is 18.2 Å². The summed E-state index contributed by atoms with van der Waals surface area (Å²) in [4.78, 5) is 8.61.